The summed E-state index contributed by atoms with van der Waals surface area (Å²) in [6.07, 6.45) is 1.95. The summed E-state index contributed by atoms with van der Waals surface area (Å²) >= 11 is 0. The fourth-order valence-electron chi connectivity index (χ4n) is 0.885. The van der Waals surface area contributed by atoms with E-state index in [9.17, 15) is 0 Å². The summed E-state index contributed by atoms with van der Waals surface area (Å²) < 4.78 is 0. The van der Waals surface area contributed by atoms with Crippen molar-refractivity contribution in [2.45, 2.75) is 20.8 Å². The third-order valence-electron chi connectivity index (χ3n) is 1.49. The Kier molecular flexibility index (Phi) is 3.14. The Bertz CT molecular complexity index is 303. The van der Waals surface area contributed by atoms with Crippen LogP contribution in [0.5, 0.6) is 0 Å². The van der Waals surface area contributed by atoms with Gasteiger partial charge in [-0.3, -0.25) is 0 Å². The Balaban J connectivity index is 2.56. The van der Waals surface area contributed by atoms with Gasteiger partial charge in [-0.2, -0.15) is 0 Å². The van der Waals surface area contributed by atoms with Crippen LogP contribution in [0, 0.1) is 23.7 Å². The predicted octanol–water partition coefficient (Wildman–Crippen LogP) is 3.29. The van der Waals surface area contributed by atoms with Gasteiger partial charge >= 0.3 is 0 Å². The molecule has 0 saturated heterocycles. The number of hydrogen-bond donors (Lipinski definition) is 0. The highest BCUT2D eigenvalue weighted by Gasteiger charge is 2.02. The van der Waals surface area contributed by atoms with Crippen LogP contribution in [0.25, 0.3) is 0 Å². The first kappa shape index (κ1) is 9.86. The van der Waals surface area contributed by atoms with Gasteiger partial charge in [0.1, 0.15) is 0 Å². The average Bonchev–Trinajstić information content (AvgIpc) is 2.04. The Morgan fingerprint density at radius 3 is 2.23 bits per heavy atom. The zero-order valence-corrected chi connectivity index (χ0v) is 8.46. The van der Waals surface area contributed by atoms with Gasteiger partial charge in [0.25, 0.3) is 0 Å². The molecule has 0 N–H and O–H groups in total. The van der Waals surface area contributed by atoms with E-state index in [0.29, 0.717) is 0 Å². The average molecular weight is 171 g/mol. The van der Waals surface area contributed by atoms with Gasteiger partial charge in [0, 0.05) is 5.41 Å². The van der Waals surface area contributed by atoms with Crippen molar-refractivity contribution in [1.29, 1.82) is 0 Å². The van der Waals surface area contributed by atoms with E-state index in [1.54, 1.807) is 0 Å². The molecule has 0 amide bonds. The molecule has 0 saturated carbocycles. The molecule has 1 rings (SSSR count). The highest BCUT2D eigenvalue weighted by Crippen LogP contribution is 2.10. The van der Waals surface area contributed by atoms with Gasteiger partial charge in [0.05, 0.1) is 6.42 Å². The molecule has 0 aliphatic rings. The quantitative estimate of drug-likeness (QED) is 0.569. The molecule has 0 heterocycles. The van der Waals surface area contributed by atoms with Crippen molar-refractivity contribution in [3.8, 4) is 11.8 Å². The third-order valence-corrected chi connectivity index (χ3v) is 1.49. The molecule has 0 spiro atoms. The van der Waals surface area contributed by atoms with Crippen LogP contribution in [-0.2, 0) is 0 Å². The number of hydrogen-bond acceptors (Lipinski definition) is 0. The second kappa shape index (κ2) is 4.14. The molecule has 0 atom stereocenters. The highest BCUT2D eigenvalue weighted by molar-refractivity contribution is 5.32. The largest absolute Gasteiger partial charge is 0.0967 e. The Morgan fingerprint density at radius 1 is 1.08 bits per heavy atom. The van der Waals surface area contributed by atoms with E-state index in [4.69, 9.17) is 0 Å². The molecule has 1 aromatic rings. The van der Waals surface area contributed by atoms with Gasteiger partial charge in [-0.1, -0.05) is 42.2 Å². The minimum atomic E-state index is 0.0886. The summed E-state index contributed by atoms with van der Waals surface area (Å²) in [6, 6.07) is 10.2. The molecular weight excluding hydrogens is 156 g/mol. The topological polar surface area (TPSA) is 0 Å². The second-order valence-electron chi connectivity index (χ2n) is 4.07. The van der Waals surface area contributed by atoms with Gasteiger partial charge < -0.3 is 0 Å². The van der Waals surface area contributed by atoms with Gasteiger partial charge in [-0.25, -0.2) is 0 Å². The molecule has 1 radical (unpaired) electrons. The summed E-state index contributed by atoms with van der Waals surface area (Å²) in [7, 11) is 0. The molecule has 0 aromatic heterocycles. The van der Waals surface area contributed by atoms with Crippen LogP contribution in [-0.4, -0.2) is 0 Å². The zero-order valence-electron chi connectivity index (χ0n) is 8.46. The van der Waals surface area contributed by atoms with Crippen molar-refractivity contribution in [3.63, 3.8) is 0 Å². The van der Waals surface area contributed by atoms with E-state index in [2.05, 4.69) is 44.7 Å². The van der Waals surface area contributed by atoms with E-state index in [1.165, 1.54) is 5.56 Å². The van der Waals surface area contributed by atoms with Gasteiger partial charge in [0.2, 0.25) is 0 Å². The summed E-state index contributed by atoms with van der Waals surface area (Å²) in [4.78, 5) is 0. The van der Waals surface area contributed by atoms with Crippen LogP contribution < -0.4 is 0 Å². The first-order valence-corrected chi connectivity index (χ1v) is 4.49. The standard InChI is InChI=1S/C13H15/c1-13(2,3)11-7-10-12-8-5-4-6-9-12/h4-6,8-10H,1-3H3. The number of benzene rings is 1. The van der Waals surface area contributed by atoms with Gasteiger partial charge in [-0.05, 0) is 26.3 Å². The van der Waals surface area contributed by atoms with Crippen molar-refractivity contribution >= 4 is 0 Å². The molecule has 0 fully saturated rings. The lowest BCUT2D eigenvalue weighted by Gasteiger charge is -2.06. The highest BCUT2D eigenvalue weighted by atomic mass is 14.1. The molecule has 0 aliphatic carbocycles. The zero-order chi connectivity index (χ0) is 9.73. The Labute approximate surface area is 81.0 Å². The van der Waals surface area contributed by atoms with Crippen LogP contribution in [0.4, 0.5) is 0 Å². The third kappa shape index (κ3) is 4.38. The maximum atomic E-state index is 3.16. The van der Waals surface area contributed by atoms with Crippen LogP contribution >= 0.6 is 0 Å². The SMILES string of the molecule is CC(C)(C)C#C[CH]c1ccccc1. The van der Waals surface area contributed by atoms with Crippen molar-refractivity contribution < 1.29 is 0 Å². The van der Waals surface area contributed by atoms with E-state index in [0.717, 1.165) is 0 Å². The molecule has 0 aliphatic heterocycles. The monoisotopic (exact) mass is 171 g/mol. The maximum absolute atomic E-state index is 3.16. The molecule has 0 heteroatoms. The molecular formula is C13H15. The van der Waals surface area contributed by atoms with Crippen molar-refractivity contribution in [2.24, 2.45) is 5.41 Å². The molecule has 13 heavy (non-hydrogen) atoms. The first-order valence-electron chi connectivity index (χ1n) is 4.49. The van der Waals surface area contributed by atoms with Crippen LogP contribution in [0.3, 0.4) is 0 Å². The van der Waals surface area contributed by atoms with Gasteiger partial charge in [-0.15, -0.1) is 0 Å². The molecule has 0 unspecified atom stereocenters. The Hall–Kier alpha value is -1.22. The lowest BCUT2D eigenvalue weighted by Crippen LogP contribution is -1.99. The lowest BCUT2D eigenvalue weighted by molar-refractivity contribution is 0.571. The maximum Gasteiger partial charge on any atom is 0.0630 e. The smallest absolute Gasteiger partial charge is 0.0630 e. The fourth-order valence-corrected chi connectivity index (χ4v) is 0.885. The van der Waals surface area contributed by atoms with E-state index >= 15 is 0 Å². The normalized spacial score (nSPS) is 10.4. The van der Waals surface area contributed by atoms with Crippen LogP contribution in [0.15, 0.2) is 30.3 Å². The van der Waals surface area contributed by atoms with Crippen LogP contribution in [0.2, 0.25) is 0 Å². The summed E-state index contributed by atoms with van der Waals surface area (Å²) in [5, 5.41) is 0. The fraction of sp³-hybridized carbons (Fsp3) is 0.308. The van der Waals surface area contributed by atoms with Crippen molar-refractivity contribution in [3.05, 3.63) is 42.3 Å². The summed E-state index contributed by atoms with van der Waals surface area (Å²) in [6.45, 7) is 6.33. The predicted molar refractivity (Wildman–Crippen MR) is 57.1 cm³/mol. The summed E-state index contributed by atoms with van der Waals surface area (Å²) in [5.74, 6) is 6.23. The molecule has 1 aromatic carbocycles. The van der Waals surface area contributed by atoms with E-state index in [1.807, 2.05) is 24.6 Å². The molecule has 0 nitrogen and oxygen atoms in total. The minimum absolute atomic E-state index is 0.0886. The van der Waals surface area contributed by atoms with E-state index in [-0.39, 0.29) is 5.41 Å². The first-order chi connectivity index (χ1) is 6.08. The Morgan fingerprint density at radius 2 is 1.69 bits per heavy atom. The van der Waals surface area contributed by atoms with Crippen molar-refractivity contribution in [2.75, 3.05) is 0 Å². The van der Waals surface area contributed by atoms with E-state index < -0.39 is 0 Å². The van der Waals surface area contributed by atoms with Gasteiger partial charge in [0.15, 0.2) is 0 Å². The van der Waals surface area contributed by atoms with Crippen molar-refractivity contribution in [1.82, 2.24) is 0 Å². The molecule has 67 valence electrons. The summed E-state index contributed by atoms with van der Waals surface area (Å²) in [5.41, 5.74) is 1.25. The number of rotatable bonds is 1. The second-order valence-corrected chi connectivity index (χ2v) is 4.07. The lowest BCUT2D eigenvalue weighted by atomic mass is 9.97. The van der Waals surface area contributed by atoms with Crippen LogP contribution in [0.1, 0.15) is 26.3 Å². The molecule has 0 bridgehead atoms. The minimum Gasteiger partial charge on any atom is -0.0967 e.